The Morgan fingerprint density at radius 3 is 2.65 bits per heavy atom. The number of ether oxygens (including phenoxy) is 1. The minimum absolute atomic E-state index is 0.220. The summed E-state index contributed by atoms with van der Waals surface area (Å²) in [6.45, 7) is 7.07. The Balaban J connectivity index is 2.38. The van der Waals surface area contributed by atoms with Gasteiger partial charge in [-0.15, -0.1) is 0 Å². The Morgan fingerprint density at radius 2 is 2.00 bits per heavy atom. The lowest BCUT2D eigenvalue weighted by Crippen LogP contribution is -2.15. The molecule has 1 heterocycles. The van der Waals surface area contributed by atoms with E-state index in [9.17, 15) is 5.11 Å². The maximum atomic E-state index is 10.4. The van der Waals surface area contributed by atoms with Gasteiger partial charge in [0.1, 0.15) is 5.75 Å². The second kappa shape index (κ2) is 4.99. The van der Waals surface area contributed by atoms with Gasteiger partial charge in [-0.3, -0.25) is 0 Å². The van der Waals surface area contributed by atoms with Crippen molar-refractivity contribution in [2.24, 2.45) is 11.8 Å². The van der Waals surface area contributed by atoms with Gasteiger partial charge in [0.2, 0.25) is 0 Å². The van der Waals surface area contributed by atoms with Crippen molar-refractivity contribution in [3.05, 3.63) is 27.7 Å². The summed E-state index contributed by atoms with van der Waals surface area (Å²) in [5, 5.41) is 10.4. The van der Waals surface area contributed by atoms with E-state index in [-0.39, 0.29) is 5.92 Å². The first-order valence-electron chi connectivity index (χ1n) is 6.14. The van der Waals surface area contributed by atoms with Gasteiger partial charge >= 0.3 is 0 Å². The van der Waals surface area contributed by atoms with Gasteiger partial charge in [-0.2, -0.15) is 0 Å². The summed E-state index contributed by atoms with van der Waals surface area (Å²) in [5.74, 6) is 1.56. The Morgan fingerprint density at radius 1 is 1.29 bits per heavy atom. The van der Waals surface area contributed by atoms with Crippen molar-refractivity contribution >= 4 is 15.9 Å². The molecular formula is C14H19BrO2. The van der Waals surface area contributed by atoms with Crippen LogP contribution in [-0.2, 0) is 6.42 Å². The molecule has 1 N–H and O–H groups in total. The Labute approximate surface area is 111 Å². The molecule has 0 bridgehead atoms. The van der Waals surface area contributed by atoms with Crippen molar-refractivity contribution in [3.8, 4) is 5.75 Å². The third-order valence-corrected chi connectivity index (χ3v) is 4.10. The zero-order valence-corrected chi connectivity index (χ0v) is 12.1. The van der Waals surface area contributed by atoms with Crippen molar-refractivity contribution < 1.29 is 9.84 Å². The summed E-state index contributed by atoms with van der Waals surface area (Å²) in [6.07, 6.45) is 0.476. The molecule has 2 unspecified atom stereocenters. The number of hydrogen-bond acceptors (Lipinski definition) is 2. The molecule has 0 spiro atoms. The van der Waals surface area contributed by atoms with E-state index in [2.05, 4.69) is 42.8 Å². The van der Waals surface area contributed by atoms with Crippen LogP contribution in [0.1, 0.15) is 38.0 Å². The monoisotopic (exact) mass is 298 g/mol. The summed E-state index contributed by atoms with van der Waals surface area (Å²) in [6, 6.07) is 4.06. The van der Waals surface area contributed by atoms with E-state index >= 15 is 0 Å². The van der Waals surface area contributed by atoms with Crippen LogP contribution < -0.4 is 4.74 Å². The van der Waals surface area contributed by atoms with Crippen molar-refractivity contribution in [2.45, 2.75) is 33.3 Å². The van der Waals surface area contributed by atoms with E-state index in [1.807, 2.05) is 6.07 Å². The molecule has 17 heavy (non-hydrogen) atoms. The van der Waals surface area contributed by atoms with E-state index in [1.54, 1.807) is 0 Å². The molecule has 2 atom stereocenters. The van der Waals surface area contributed by atoms with E-state index < -0.39 is 6.10 Å². The van der Waals surface area contributed by atoms with Gasteiger partial charge in [-0.25, -0.2) is 0 Å². The van der Waals surface area contributed by atoms with E-state index in [0.717, 1.165) is 28.8 Å². The van der Waals surface area contributed by atoms with Crippen molar-refractivity contribution in [1.82, 2.24) is 0 Å². The predicted molar refractivity (Wildman–Crippen MR) is 72.3 cm³/mol. The third-order valence-electron chi connectivity index (χ3n) is 3.65. The predicted octanol–water partition coefficient (Wildman–Crippen LogP) is 3.71. The lowest BCUT2D eigenvalue weighted by molar-refractivity contribution is 0.0894. The number of benzene rings is 1. The number of fused-ring (bicyclic) bond motifs is 1. The van der Waals surface area contributed by atoms with Gasteiger partial charge in [0.05, 0.1) is 12.7 Å². The normalized spacial score (nSPS) is 17.8. The zero-order chi connectivity index (χ0) is 12.6. The maximum absolute atomic E-state index is 10.4. The molecule has 2 nitrogen and oxygen atoms in total. The van der Waals surface area contributed by atoms with Crippen molar-refractivity contribution in [1.29, 1.82) is 0 Å². The minimum atomic E-state index is -0.459. The molecule has 1 aromatic rings. The molecule has 3 heteroatoms. The largest absolute Gasteiger partial charge is 0.493 e. The fraction of sp³-hybridized carbons (Fsp3) is 0.571. The average Bonchev–Trinajstić information content (AvgIpc) is 2.73. The number of aliphatic hydroxyl groups is 1. The molecule has 2 rings (SSSR count). The smallest absolute Gasteiger partial charge is 0.128 e. The van der Waals surface area contributed by atoms with Gasteiger partial charge < -0.3 is 9.84 Å². The molecule has 1 aliphatic heterocycles. The molecule has 1 aliphatic rings. The van der Waals surface area contributed by atoms with Gasteiger partial charge in [0.15, 0.2) is 0 Å². The fourth-order valence-corrected chi connectivity index (χ4v) is 2.69. The highest BCUT2D eigenvalue weighted by Gasteiger charge is 2.26. The van der Waals surface area contributed by atoms with Crippen LogP contribution in [0.2, 0.25) is 0 Å². The van der Waals surface area contributed by atoms with Crippen LogP contribution in [0, 0.1) is 11.8 Å². The molecule has 0 aromatic heterocycles. The van der Waals surface area contributed by atoms with Gasteiger partial charge in [-0.05, 0) is 29.5 Å². The summed E-state index contributed by atoms with van der Waals surface area (Å²) in [7, 11) is 0. The van der Waals surface area contributed by atoms with Crippen LogP contribution >= 0.6 is 15.9 Å². The number of rotatable bonds is 3. The topological polar surface area (TPSA) is 29.5 Å². The third kappa shape index (κ3) is 2.50. The SMILES string of the molecule is CC(C)C(C)C(O)c1cc(Br)cc2c1OCC2. The second-order valence-electron chi connectivity index (χ2n) is 5.13. The summed E-state index contributed by atoms with van der Waals surface area (Å²) >= 11 is 3.50. The van der Waals surface area contributed by atoms with Crippen LogP contribution in [-0.4, -0.2) is 11.7 Å². The van der Waals surface area contributed by atoms with Crippen LogP contribution in [0.25, 0.3) is 0 Å². The standard InChI is InChI=1S/C14H19BrO2/c1-8(2)9(3)13(16)12-7-11(15)6-10-4-5-17-14(10)12/h6-9,13,16H,4-5H2,1-3H3. The Bertz CT molecular complexity index is 415. The average molecular weight is 299 g/mol. The molecule has 0 fully saturated rings. The quantitative estimate of drug-likeness (QED) is 0.922. The highest BCUT2D eigenvalue weighted by molar-refractivity contribution is 9.10. The summed E-state index contributed by atoms with van der Waals surface area (Å²) < 4.78 is 6.67. The molecular weight excluding hydrogens is 280 g/mol. The van der Waals surface area contributed by atoms with Crippen LogP contribution in [0.5, 0.6) is 5.75 Å². The van der Waals surface area contributed by atoms with E-state index in [4.69, 9.17) is 4.74 Å². The Hall–Kier alpha value is -0.540. The lowest BCUT2D eigenvalue weighted by Gasteiger charge is -2.24. The van der Waals surface area contributed by atoms with Gasteiger partial charge in [0, 0.05) is 16.5 Å². The lowest BCUT2D eigenvalue weighted by atomic mass is 9.87. The fourth-order valence-electron chi connectivity index (χ4n) is 2.17. The maximum Gasteiger partial charge on any atom is 0.128 e. The molecule has 0 saturated carbocycles. The van der Waals surface area contributed by atoms with E-state index in [1.165, 1.54) is 5.56 Å². The molecule has 0 radical (unpaired) electrons. The van der Waals surface area contributed by atoms with Crippen molar-refractivity contribution in [3.63, 3.8) is 0 Å². The van der Waals surface area contributed by atoms with Gasteiger partial charge in [-0.1, -0.05) is 36.7 Å². The van der Waals surface area contributed by atoms with Crippen LogP contribution in [0.3, 0.4) is 0 Å². The summed E-state index contributed by atoms with van der Waals surface area (Å²) in [4.78, 5) is 0. The minimum Gasteiger partial charge on any atom is -0.493 e. The molecule has 0 aliphatic carbocycles. The number of aliphatic hydroxyl groups excluding tert-OH is 1. The Kier molecular flexibility index (Phi) is 3.79. The molecule has 94 valence electrons. The first-order valence-corrected chi connectivity index (χ1v) is 6.93. The zero-order valence-electron chi connectivity index (χ0n) is 10.5. The number of hydrogen-bond donors (Lipinski definition) is 1. The van der Waals surface area contributed by atoms with E-state index in [0.29, 0.717) is 5.92 Å². The summed E-state index contributed by atoms with van der Waals surface area (Å²) in [5.41, 5.74) is 2.12. The highest BCUT2D eigenvalue weighted by Crippen LogP contribution is 2.40. The molecule has 0 amide bonds. The molecule has 1 aromatic carbocycles. The molecule has 0 saturated heterocycles. The first kappa shape index (κ1) is 12.9. The van der Waals surface area contributed by atoms with Crippen molar-refractivity contribution in [2.75, 3.05) is 6.61 Å². The van der Waals surface area contributed by atoms with Crippen LogP contribution in [0.4, 0.5) is 0 Å². The number of halogens is 1. The van der Waals surface area contributed by atoms with Crippen LogP contribution in [0.15, 0.2) is 16.6 Å². The highest BCUT2D eigenvalue weighted by atomic mass is 79.9. The first-order chi connectivity index (χ1) is 8.00. The van der Waals surface area contributed by atoms with Gasteiger partial charge in [0.25, 0.3) is 0 Å². The second-order valence-corrected chi connectivity index (χ2v) is 6.05.